The van der Waals surface area contributed by atoms with E-state index in [1.54, 1.807) is 0 Å². The van der Waals surface area contributed by atoms with Crippen molar-refractivity contribution < 1.29 is 9.53 Å². The lowest BCUT2D eigenvalue weighted by molar-refractivity contribution is -0.143. The predicted molar refractivity (Wildman–Crippen MR) is 68.2 cm³/mol. The molecule has 0 bridgehead atoms. The highest BCUT2D eigenvalue weighted by Crippen LogP contribution is 2.24. The minimum absolute atomic E-state index is 0.170. The summed E-state index contributed by atoms with van der Waals surface area (Å²) >= 11 is 6.08. The molecule has 0 unspecified atom stereocenters. The largest absolute Gasteiger partial charge is 0.466 e. The summed E-state index contributed by atoms with van der Waals surface area (Å²) in [6.45, 7) is 2.85. The molecule has 3 nitrogen and oxygen atoms in total. The Labute approximate surface area is 105 Å². The van der Waals surface area contributed by atoms with Gasteiger partial charge in [0, 0.05) is 28.7 Å². The van der Waals surface area contributed by atoms with Gasteiger partial charge in [-0.25, -0.2) is 0 Å². The van der Waals surface area contributed by atoms with E-state index in [1.807, 2.05) is 42.0 Å². The third kappa shape index (κ3) is 2.61. The number of nitrogens with zero attached hydrogens (tertiary/aromatic N) is 1. The lowest BCUT2D eigenvalue weighted by atomic mass is 10.2. The van der Waals surface area contributed by atoms with Crippen molar-refractivity contribution in [3.05, 3.63) is 35.5 Å². The maximum Gasteiger partial charge on any atom is 0.307 e. The second kappa shape index (κ2) is 5.23. The van der Waals surface area contributed by atoms with Crippen LogP contribution in [0.2, 0.25) is 5.02 Å². The minimum Gasteiger partial charge on any atom is -0.466 e. The van der Waals surface area contributed by atoms with Gasteiger partial charge in [0.05, 0.1) is 13.0 Å². The Kier molecular flexibility index (Phi) is 3.69. The van der Waals surface area contributed by atoms with Gasteiger partial charge in [-0.05, 0) is 25.1 Å². The van der Waals surface area contributed by atoms with E-state index in [-0.39, 0.29) is 5.97 Å². The topological polar surface area (TPSA) is 31.2 Å². The summed E-state index contributed by atoms with van der Waals surface area (Å²) in [5.74, 6) is -0.170. The fourth-order valence-electron chi connectivity index (χ4n) is 1.83. The number of benzene rings is 1. The van der Waals surface area contributed by atoms with Crippen molar-refractivity contribution >= 4 is 28.5 Å². The van der Waals surface area contributed by atoms with Gasteiger partial charge in [0.1, 0.15) is 0 Å². The molecule has 1 aromatic heterocycles. The molecule has 2 rings (SSSR count). The van der Waals surface area contributed by atoms with Gasteiger partial charge >= 0.3 is 5.97 Å². The predicted octanol–water partition coefficient (Wildman–Crippen LogP) is 3.25. The van der Waals surface area contributed by atoms with Crippen LogP contribution >= 0.6 is 11.6 Å². The van der Waals surface area contributed by atoms with Crippen LogP contribution in [0.3, 0.4) is 0 Å². The molecule has 0 saturated carbocycles. The van der Waals surface area contributed by atoms with E-state index in [9.17, 15) is 4.79 Å². The average molecular weight is 252 g/mol. The fraction of sp³-hybridized carbons (Fsp3) is 0.308. The van der Waals surface area contributed by atoms with Crippen LogP contribution < -0.4 is 0 Å². The second-order valence-electron chi connectivity index (χ2n) is 3.74. The van der Waals surface area contributed by atoms with Crippen LogP contribution in [0.15, 0.2) is 30.5 Å². The van der Waals surface area contributed by atoms with Crippen LogP contribution in [0.4, 0.5) is 0 Å². The number of aryl methyl sites for hydroxylation is 1. The zero-order chi connectivity index (χ0) is 12.3. The quantitative estimate of drug-likeness (QED) is 0.781. The van der Waals surface area contributed by atoms with Crippen molar-refractivity contribution in [2.75, 3.05) is 6.61 Å². The van der Waals surface area contributed by atoms with E-state index in [2.05, 4.69) is 0 Å². The van der Waals surface area contributed by atoms with Gasteiger partial charge in [0.2, 0.25) is 0 Å². The molecule has 0 fully saturated rings. The highest BCUT2D eigenvalue weighted by atomic mass is 35.5. The molecule has 0 atom stereocenters. The van der Waals surface area contributed by atoms with Crippen molar-refractivity contribution in [2.24, 2.45) is 0 Å². The number of carbonyl (C=O) groups is 1. The number of rotatable bonds is 4. The Hall–Kier alpha value is -1.48. The summed E-state index contributed by atoms with van der Waals surface area (Å²) in [6, 6.07) is 7.72. The van der Waals surface area contributed by atoms with E-state index >= 15 is 0 Å². The van der Waals surface area contributed by atoms with Crippen LogP contribution in [0.1, 0.15) is 13.3 Å². The lowest BCUT2D eigenvalue weighted by Crippen LogP contribution is -2.08. The highest BCUT2D eigenvalue weighted by molar-refractivity contribution is 6.35. The minimum atomic E-state index is -0.170. The first-order valence-electron chi connectivity index (χ1n) is 5.61. The van der Waals surface area contributed by atoms with Gasteiger partial charge in [-0.3, -0.25) is 4.79 Å². The van der Waals surface area contributed by atoms with Gasteiger partial charge in [0.15, 0.2) is 0 Å². The smallest absolute Gasteiger partial charge is 0.307 e. The number of carbonyl (C=O) groups excluding carboxylic acids is 1. The molecule has 0 spiro atoms. The molecule has 1 aromatic carbocycles. The van der Waals surface area contributed by atoms with Crippen LogP contribution in [0.25, 0.3) is 10.9 Å². The molecule has 0 N–H and O–H groups in total. The maximum atomic E-state index is 11.3. The van der Waals surface area contributed by atoms with E-state index < -0.39 is 0 Å². The van der Waals surface area contributed by atoms with Crippen molar-refractivity contribution in [1.82, 2.24) is 4.57 Å². The Balaban J connectivity index is 2.14. The molecular formula is C13H14ClNO2. The first kappa shape index (κ1) is 12.0. The van der Waals surface area contributed by atoms with Crippen LogP contribution in [-0.2, 0) is 16.1 Å². The average Bonchev–Trinajstić information content (AvgIpc) is 2.72. The number of halogens is 1. The van der Waals surface area contributed by atoms with Crippen molar-refractivity contribution in [2.45, 2.75) is 19.9 Å². The van der Waals surface area contributed by atoms with Gasteiger partial charge in [-0.1, -0.05) is 17.7 Å². The SMILES string of the molecule is CCOC(=O)CCn1ccc2c(Cl)cccc21. The standard InChI is InChI=1S/C13H14ClNO2/c1-2-17-13(16)7-9-15-8-6-10-11(14)4-3-5-12(10)15/h3-6,8H,2,7,9H2,1H3. The number of fused-ring (bicyclic) bond motifs is 1. The normalized spacial score (nSPS) is 10.7. The monoisotopic (exact) mass is 251 g/mol. The zero-order valence-corrected chi connectivity index (χ0v) is 10.4. The molecule has 0 radical (unpaired) electrons. The molecule has 17 heavy (non-hydrogen) atoms. The van der Waals surface area contributed by atoms with E-state index in [1.165, 1.54) is 0 Å². The molecule has 0 amide bonds. The van der Waals surface area contributed by atoms with Crippen molar-refractivity contribution in [3.63, 3.8) is 0 Å². The second-order valence-corrected chi connectivity index (χ2v) is 4.14. The summed E-state index contributed by atoms with van der Waals surface area (Å²) in [4.78, 5) is 11.3. The summed E-state index contributed by atoms with van der Waals surface area (Å²) in [7, 11) is 0. The number of ether oxygens (including phenoxy) is 1. The van der Waals surface area contributed by atoms with Crippen LogP contribution in [-0.4, -0.2) is 17.1 Å². The van der Waals surface area contributed by atoms with E-state index in [0.29, 0.717) is 19.6 Å². The lowest BCUT2D eigenvalue weighted by Gasteiger charge is -2.05. The fourth-order valence-corrected chi connectivity index (χ4v) is 2.06. The summed E-state index contributed by atoms with van der Waals surface area (Å²) < 4.78 is 6.91. The Bertz CT molecular complexity index is 533. The molecule has 0 saturated heterocycles. The number of hydrogen-bond acceptors (Lipinski definition) is 2. The Morgan fingerprint density at radius 2 is 2.24 bits per heavy atom. The highest BCUT2D eigenvalue weighted by Gasteiger charge is 2.06. The molecule has 0 aliphatic rings. The number of hydrogen-bond donors (Lipinski definition) is 0. The van der Waals surface area contributed by atoms with Gasteiger partial charge in [-0.2, -0.15) is 0 Å². The molecule has 2 aromatic rings. The summed E-state index contributed by atoms with van der Waals surface area (Å²) in [5.41, 5.74) is 1.04. The van der Waals surface area contributed by atoms with E-state index in [4.69, 9.17) is 16.3 Å². The molecular weight excluding hydrogens is 238 g/mol. The zero-order valence-electron chi connectivity index (χ0n) is 9.65. The van der Waals surface area contributed by atoms with Gasteiger partial charge in [-0.15, -0.1) is 0 Å². The number of aromatic nitrogens is 1. The summed E-state index contributed by atoms with van der Waals surface area (Å²) in [5, 5.41) is 1.75. The maximum absolute atomic E-state index is 11.3. The summed E-state index contributed by atoms with van der Waals surface area (Å²) in [6.07, 6.45) is 2.32. The molecule has 0 aliphatic carbocycles. The molecule has 90 valence electrons. The Morgan fingerprint density at radius 1 is 1.41 bits per heavy atom. The molecule has 1 heterocycles. The van der Waals surface area contributed by atoms with Crippen molar-refractivity contribution in [1.29, 1.82) is 0 Å². The van der Waals surface area contributed by atoms with Crippen molar-refractivity contribution in [3.8, 4) is 0 Å². The van der Waals surface area contributed by atoms with Gasteiger partial charge < -0.3 is 9.30 Å². The van der Waals surface area contributed by atoms with Gasteiger partial charge in [0.25, 0.3) is 0 Å². The van der Waals surface area contributed by atoms with Crippen LogP contribution in [0, 0.1) is 0 Å². The third-order valence-corrected chi connectivity index (χ3v) is 2.95. The molecule has 0 aliphatic heterocycles. The van der Waals surface area contributed by atoms with E-state index in [0.717, 1.165) is 15.9 Å². The molecule has 4 heteroatoms. The Morgan fingerprint density at radius 3 is 3.00 bits per heavy atom. The van der Waals surface area contributed by atoms with Crippen LogP contribution in [0.5, 0.6) is 0 Å². The number of esters is 1. The third-order valence-electron chi connectivity index (χ3n) is 2.62. The first-order valence-corrected chi connectivity index (χ1v) is 5.99. The first-order chi connectivity index (χ1) is 8.22.